The third-order valence-corrected chi connectivity index (χ3v) is 5.04. The first-order valence-corrected chi connectivity index (χ1v) is 10.2. The molecule has 0 aliphatic heterocycles. The Hall–Kier alpha value is -4.06. The van der Waals surface area contributed by atoms with Gasteiger partial charge >= 0.3 is 0 Å². The summed E-state index contributed by atoms with van der Waals surface area (Å²) in [5.74, 6) is -0.360. The van der Waals surface area contributed by atoms with E-state index in [4.69, 9.17) is 5.73 Å². The van der Waals surface area contributed by atoms with E-state index in [1.165, 1.54) is 10.9 Å². The molecule has 2 aromatic carbocycles. The van der Waals surface area contributed by atoms with Gasteiger partial charge in [0.2, 0.25) is 11.6 Å². The molecule has 32 heavy (non-hydrogen) atoms. The van der Waals surface area contributed by atoms with E-state index in [0.29, 0.717) is 5.69 Å². The molecule has 0 spiro atoms. The molecule has 0 aliphatic carbocycles. The SMILES string of the molecule is CN(Cc1c(C(=O)N/N=C/c2ccc(Br)cc2)nnn1-c1nonc1N)c1ccccc1. The molecule has 2 heterocycles. The van der Waals surface area contributed by atoms with E-state index < -0.39 is 5.91 Å². The molecule has 12 heteroatoms. The fraction of sp³-hybridized carbons (Fsp3) is 0.100. The fourth-order valence-corrected chi connectivity index (χ4v) is 3.16. The second kappa shape index (κ2) is 9.39. The van der Waals surface area contributed by atoms with E-state index in [9.17, 15) is 4.79 Å². The number of para-hydroxylation sites is 1. The van der Waals surface area contributed by atoms with E-state index in [0.717, 1.165) is 15.7 Å². The summed E-state index contributed by atoms with van der Waals surface area (Å²) in [6.07, 6.45) is 1.53. The normalized spacial score (nSPS) is 11.1. The molecule has 0 saturated heterocycles. The second-order valence-electron chi connectivity index (χ2n) is 6.71. The molecule has 0 radical (unpaired) electrons. The molecule has 2 aromatic heterocycles. The Labute approximate surface area is 191 Å². The average Bonchev–Trinajstić information content (AvgIpc) is 3.41. The van der Waals surface area contributed by atoms with E-state index in [2.05, 4.69) is 51.7 Å². The summed E-state index contributed by atoms with van der Waals surface area (Å²) in [5, 5.41) is 19.4. The zero-order valence-corrected chi connectivity index (χ0v) is 18.5. The van der Waals surface area contributed by atoms with Crippen molar-refractivity contribution in [3.8, 4) is 5.82 Å². The van der Waals surface area contributed by atoms with Crippen molar-refractivity contribution in [3.63, 3.8) is 0 Å². The van der Waals surface area contributed by atoms with Crippen LogP contribution in [0.5, 0.6) is 0 Å². The average molecular weight is 496 g/mol. The van der Waals surface area contributed by atoms with Crippen LogP contribution in [-0.2, 0) is 6.54 Å². The molecule has 0 unspecified atom stereocenters. The van der Waals surface area contributed by atoms with Crippen LogP contribution in [0, 0.1) is 0 Å². The number of nitrogens with one attached hydrogen (secondary N) is 1. The van der Waals surface area contributed by atoms with Crippen molar-refractivity contribution in [2.75, 3.05) is 17.7 Å². The van der Waals surface area contributed by atoms with Crippen molar-refractivity contribution in [1.82, 2.24) is 30.7 Å². The highest BCUT2D eigenvalue weighted by Gasteiger charge is 2.25. The number of carbonyl (C=O) groups is 1. The first-order valence-electron chi connectivity index (χ1n) is 9.41. The molecule has 4 rings (SSSR count). The number of nitrogens with zero attached hydrogens (tertiary/aromatic N) is 7. The molecule has 3 N–H and O–H groups in total. The number of amides is 1. The van der Waals surface area contributed by atoms with E-state index in [1.54, 1.807) is 0 Å². The summed E-state index contributed by atoms with van der Waals surface area (Å²) < 4.78 is 6.96. The molecule has 0 atom stereocenters. The van der Waals surface area contributed by atoms with Crippen LogP contribution in [0.3, 0.4) is 0 Å². The number of carbonyl (C=O) groups excluding carboxylic acids is 1. The molecule has 0 saturated carbocycles. The van der Waals surface area contributed by atoms with Crippen molar-refractivity contribution in [1.29, 1.82) is 0 Å². The predicted molar refractivity (Wildman–Crippen MR) is 121 cm³/mol. The Kier molecular flexibility index (Phi) is 6.22. The molecule has 0 bridgehead atoms. The lowest BCUT2D eigenvalue weighted by Gasteiger charge is -2.19. The lowest BCUT2D eigenvalue weighted by molar-refractivity contribution is 0.0949. The van der Waals surface area contributed by atoms with Crippen LogP contribution in [0.15, 0.2) is 68.8 Å². The molecule has 4 aromatic rings. The Morgan fingerprint density at radius 2 is 1.97 bits per heavy atom. The van der Waals surface area contributed by atoms with Crippen molar-refractivity contribution in [3.05, 3.63) is 76.0 Å². The number of benzene rings is 2. The summed E-state index contributed by atoms with van der Waals surface area (Å²) in [6.45, 7) is 0.280. The van der Waals surface area contributed by atoms with Crippen molar-refractivity contribution in [2.24, 2.45) is 5.10 Å². The zero-order chi connectivity index (χ0) is 22.5. The van der Waals surface area contributed by atoms with Gasteiger partial charge in [-0.1, -0.05) is 51.5 Å². The number of halogens is 1. The van der Waals surface area contributed by atoms with Gasteiger partial charge in [-0.3, -0.25) is 4.79 Å². The van der Waals surface area contributed by atoms with Gasteiger partial charge < -0.3 is 10.6 Å². The van der Waals surface area contributed by atoms with Gasteiger partial charge in [0.25, 0.3) is 5.91 Å². The van der Waals surface area contributed by atoms with Crippen LogP contribution < -0.4 is 16.1 Å². The van der Waals surface area contributed by atoms with Gasteiger partial charge in [0, 0.05) is 17.2 Å². The first kappa shape index (κ1) is 21.2. The van der Waals surface area contributed by atoms with Gasteiger partial charge in [-0.25, -0.2) is 10.1 Å². The first-order chi connectivity index (χ1) is 15.5. The molecular weight excluding hydrogens is 478 g/mol. The quantitative estimate of drug-likeness (QED) is 0.294. The Balaban J connectivity index is 1.61. The van der Waals surface area contributed by atoms with Gasteiger partial charge in [-0.2, -0.15) is 9.78 Å². The fourth-order valence-electron chi connectivity index (χ4n) is 2.89. The monoisotopic (exact) mass is 495 g/mol. The molecule has 0 fully saturated rings. The number of hydrogen-bond acceptors (Lipinski definition) is 9. The third-order valence-electron chi connectivity index (χ3n) is 4.51. The van der Waals surface area contributed by atoms with Gasteiger partial charge in [0.1, 0.15) is 0 Å². The van der Waals surface area contributed by atoms with Gasteiger partial charge in [-0.15, -0.1) is 5.10 Å². The second-order valence-corrected chi connectivity index (χ2v) is 7.63. The van der Waals surface area contributed by atoms with Gasteiger partial charge in [0.05, 0.1) is 18.5 Å². The van der Waals surface area contributed by atoms with Crippen LogP contribution in [-0.4, -0.2) is 44.5 Å². The maximum absolute atomic E-state index is 12.8. The zero-order valence-electron chi connectivity index (χ0n) is 16.9. The lowest BCUT2D eigenvalue weighted by Crippen LogP contribution is -2.24. The Bertz CT molecular complexity index is 1240. The third kappa shape index (κ3) is 4.64. The van der Waals surface area contributed by atoms with Crippen LogP contribution in [0.2, 0.25) is 0 Å². The van der Waals surface area contributed by atoms with Crippen molar-refractivity contribution < 1.29 is 9.42 Å². The van der Waals surface area contributed by atoms with Crippen molar-refractivity contribution in [2.45, 2.75) is 6.54 Å². The lowest BCUT2D eigenvalue weighted by atomic mass is 10.2. The smallest absolute Gasteiger partial charge is 0.293 e. The Morgan fingerprint density at radius 3 is 2.66 bits per heavy atom. The number of aromatic nitrogens is 5. The van der Waals surface area contributed by atoms with Crippen LogP contribution in [0.25, 0.3) is 5.82 Å². The number of nitrogens with two attached hydrogens (primary N) is 1. The summed E-state index contributed by atoms with van der Waals surface area (Å²) in [7, 11) is 1.88. The van der Waals surface area contributed by atoms with Crippen molar-refractivity contribution >= 4 is 39.6 Å². The maximum atomic E-state index is 12.8. The summed E-state index contributed by atoms with van der Waals surface area (Å²) in [5.41, 5.74) is 10.6. The summed E-state index contributed by atoms with van der Waals surface area (Å²) >= 11 is 3.37. The minimum atomic E-state index is -0.531. The molecule has 11 nitrogen and oxygen atoms in total. The topological polar surface area (TPSA) is 140 Å². The highest BCUT2D eigenvalue weighted by atomic mass is 79.9. The number of hydrogen-bond donors (Lipinski definition) is 2. The number of nitrogen functional groups attached to an aromatic ring is 1. The van der Waals surface area contributed by atoms with Crippen LogP contribution in [0.1, 0.15) is 21.7 Å². The van der Waals surface area contributed by atoms with Crippen LogP contribution in [0.4, 0.5) is 11.5 Å². The van der Waals surface area contributed by atoms with Gasteiger partial charge in [-0.05, 0) is 40.1 Å². The summed E-state index contributed by atoms with van der Waals surface area (Å²) in [6, 6.07) is 17.1. The Morgan fingerprint density at radius 1 is 1.22 bits per heavy atom. The van der Waals surface area contributed by atoms with Gasteiger partial charge in [0.15, 0.2) is 5.69 Å². The standard InChI is InChI=1S/C20H18BrN9O2/c1-29(15-5-3-2-4-6-15)12-16-17(24-28-30(16)19-18(22)26-32-27-19)20(31)25-23-11-13-7-9-14(21)10-8-13/h2-11H,12H2,1H3,(H2,22,26)(H,25,31)/b23-11+. The maximum Gasteiger partial charge on any atom is 0.293 e. The highest BCUT2D eigenvalue weighted by Crippen LogP contribution is 2.20. The summed E-state index contributed by atoms with van der Waals surface area (Å²) in [4.78, 5) is 14.8. The minimum Gasteiger partial charge on any atom is -0.378 e. The molecule has 1 amide bonds. The number of hydrazone groups is 1. The largest absolute Gasteiger partial charge is 0.378 e. The molecule has 162 valence electrons. The molecule has 0 aliphatic rings. The van der Waals surface area contributed by atoms with E-state index >= 15 is 0 Å². The predicted octanol–water partition coefficient (Wildman–Crippen LogP) is 2.40. The minimum absolute atomic E-state index is 0.0266. The van der Waals surface area contributed by atoms with E-state index in [-0.39, 0.29) is 23.9 Å². The number of anilines is 2. The van der Waals surface area contributed by atoms with Crippen LogP contribution >= 0.6 is 15.9 Å². The molecular formula is C20H18BrN9O2. The van der Waals surface area contributed by atoms with E-state index in [1.807, 2.05) is 66.5 Å². The number of rotatable bonds is 7. The highest BCUT2D eigenvalue weighted by molar-refractivity contribution is 9.10.